The van der Waals surface area contributed by atoms with Gasteiger partial charge in [0.2, 0.25) is 10.0 Å². The molecule has 0 heterocycles. The molecule has 72 valence electrons. The van der Waals surface area contributed by atoms with E-state index in [-0.39, 0.29) is 5.92 Å². The molecule has 1 unspecified atom stereocenters. The molecule has 1 N–H and O–H groups in total. The van der Waals surface area contributed by atoms with E-state index in [0.717, 1.165) is 12.7 Å². The summed E-state index contributed by atoms with van der Waals surface area (Å²) in [5.74, 6) is 0.194. The smallest absolute Gasteiger partial charge is 0.206 e. The highest BCUT2D eigenvalue weighted by Crippen LogP contribution is 2.07. The second kappa shape index (κ2) is 4.23. The van der Waals surface area contributed by atoms with Crippen LogP contribution in [0.25, 0.3) is 0 Å². The number of hydrogen-bond acceptors (Lipinski definition) is 3. The van der Waals surface area contributed by atoms with Crippen LogP contribution in [-0.2, 0) is 10.0 Å². The van der Waals surface area contributed by atoms with E-state index in [4.69, 9.17) is 0 Å². The molecular weight excluding hydrogens is 188 g/mol. The van der Waals surface area contributed by atoms with E-state index in [9.17, 15) is 8.42 Å². The van der Waals surface area contributed by atoms with Gasteiger partial charge < -0.3 is 0 Å². The van der Waals surface area contributed by atoms with Crippen LogP contribution in [0.15, 0.2) is 29.4 Å². The minimum absolute atomic E-state index is 0.194. The number of nitrogens with one attached hydrogen (secondary N) is 1. The lowest BCUT2D eigenvalue weighted by atomic mass is 10.0. The van der Waals surface area contributed by atoms with Gasteiger partial charge in [-0.1, -0.05) is 24.3 Å². The Labute approximate surface area is 78.1 Å². The molecule has 0 aromatic rings. The van der Waals surface area contributed by atoms with Crippen molar-refractivity contribution in [3.05, 3.63) is 24.3 Å². The van der Waals surface area contributed by atoms with Gasteiger partial charge in [0, 0.05) is 12.1 Å². The molecule has 0 aliphatic heterocycles. The van der Waals surface area contributed by atoms with Crippen molar-refractivity contribution in [2.75, 3.05) is 6.26 Å². The number of rotatable bonds is 3. The summed E-state index contributed by atoms with van der Waals surface area (Å²) in [6.45, 7) is 0. The molecule has 1 rings (SSSR count). The van der Waals surface area contributed by atoms with Crippen molar-refractivity contribution in [3.63, 3.8) is 0 Å². The molecule has 0 aromatic heterocycles. The molecule has 0 radical (unpaired) electrons. The molecule has 5 heteroatoms. The summed E-state index contributed by atoms with van der Waals surface area (Å²) in [5, 5.41) is 3.62. The first kappa shape index (κ1) is 9.98. The van der Waals surface area contributed by atoms with Crippen LogP contribution >= 0.6 is 0 Å². The quantitative estimate of drug-likeness (QED) is 0.537. The van der Waals surface area contributed by atoms with E-state index in [1.807, 2.05) is 24.3 Å². The third-order valence-corrected chi connectivity index (χ3v) is 1.94. The highest BCUT2D eigenvalue weighted by atomic mass is 32.2. The SMILES string of the molecule is CS(=O)(=O)N/N=C/C1C=CC=CC1. The van der Waals surface area contributed by atoms with Gasteiger partial charge in [-0.3, -0.25) is 0 Å². The third-order valence-electron chi connectivity index (χ3n) is 1.50. The van der Waals surface area contributed by atoms with Crippen LogP contribution in [0.3, 0.4) is 0 Å². The van der Waals surface area contributed by atoms with Gasteiger partial charge in [0.25, 0.3) is 0 Å². The van der Waals surface area contributed by atoms with Crippen molar-refractivity contribution in [2.24, 2.45) is 11.0 Å². The lowest BCUT2D eigenvalue weighted by Crippen LogP contribution is -2.16. The summed E-state index contributed by atoms with van der Waals surface area (Å²) < 4.78 is 21.2. The van der Waals surface area contributed by atoms with Crippen LogP contribution in [-0.4, -0.2) is 20.9 Å². The molecule has 0 aromatic carbocycles. The van der Waals surface area contributed by atoms with Crippen LogP contribution < -0.4 is 4.83 Å². The fourth-order valence-electron chi connectivity index (χ4n) is 0.932. The maximum Gasteiger partial charge on any atom is 0.244 e. The molecule has 0 fully saturated rings. The molecule has 1 aliphatic carbocycles. The van der Waals surface area contributed by atoms with Crippen molar-refractivity contribution >= 4 is 16.2 Å². The fourth-order valence-corrected chi connectivity index (χ4v) is 1.18. The second-order valence-electron chi connectivity index (χ2n) is 2.85. The van der Waals surface area contributed by atoms with Gasteiger partial charge in [0.1, 0.15) is 0 Å². The van der Waals surface area contributed by atoms with Gasteiger partial charge in [0.15, 0.2) is 0 Å². The Bertz CT molecular complexity index is 341. The largest absolute Gasteiger partial charge is 0.244 e. The van der Waals surface area contributed by atoms with Crippen LogP contribution in [0.1, 0.15) is 6.42 Å². The summed E-state index contributed by atoms with van der Waals surface area (Å²) in [6.07, 6.45) is 11.4. The summed E-state index contributed by atoms with van der Waals surface area (Å²) in [4.78, 5) is 2.05. The molecule has 0 amide bonds. The molecule has 4 nitrogen and oxygen atoms in total. The first-order valence-electron chi connectivity index (χ1n) is 3.91. The predicted octanol–water partition coefficient (Wildman–Crippen LogP) is 0.654. The molecule has 1 aliphatic rings. The molecule has 0 bridgehead atoms. The Hall–Kier alpha value is -1.10. The molecule has 0 spiro atoms. The lowest BCUT2D eigenvalue weighted by Gasteiger charge is -2.05. The Kier molecular flexibility index (Phi) is 3.25. The average molecular weight is 200 g/mol. The predicted molar refractivity (Wildman–Crippen MR) is 52.9 cm³/mol. The van der Waals surface area contributed by atoms with Crippen LogP contribution in [0.4, 0.5) is 0 Å². The van der Waals surface area contributed by atoms with E-state index in [0.29, 0.717) is 0 Å². The number of nitrogens with zero attached hydrogens (tertiary/aromatic N) is 1. The van der Waals surface area contributed by atoms with Gasteiger partial charge in [-0.15, -0.1) is 0 Å². The Balaban J connectivity index is 2.41. The fraction of sp³-hybridized carbons (Fsp3) is 0.375. The maximum absolute atomic E-state index is 10.6. The average Bonchev–Trinajstić information content (AvgIpc) is 2.04. The van der Waals surface area contributed by atoms with Crippen molar-refractivity contribution < 1.29 is 8.42 Å². The monoisotopic (exact) mass is 200 g/mol. The van der Waals surface area contributed by atoms with Gasteiger partial charge in [-0.05, 0) is 6.42 Å². The zero-order valence-electron chi connectivity index (χ0n) is 7.34. The van der Waals surface area contributed by atoms with Crippen LogP contribution in [0, 0.1) is 5.92 Å². The number of hydrazone groups is 1. The summed E-state index contributed by atoms with van der Waals surface area (Å²) in [7, 11) is -3.21. The minimum atomic E-state index is -3.21. The third kappa shape index (κ3) is 4.47. The maximum atomic E-state index is 10.6. The van der Waals surface area contributed by atoms with Crippen LogP contribution in [0.2, 0.25) is 0 Å². The minimum Gasteiger partial charge on any atom is -0.206 e. The van der Waals surface area contributed by atoms with Crippen molar-refractivity contribution in [1.29, 1.82) is 0 Å². The summed E-state index contributed by atoms with van der Waals surface area (Å²) in [5.41, 5.74) is 0. The zero-order chi connectivity index (χ0) is 9.73. The lowest BCUT2D eigenvalue weighted by molar-refractivity contribution is 0.590. The van der Waals surface area contributed by atoms with E-state index in [1.165, 1.54) is 0 Å². The van der Waals surface area contributed by atoms with Gasteiger partial charge in [-0.25, -0.2) is 13.2 Å². The van der Waals surface area contributed by atoms with E-state index in [1.54, 1.807) is 6.21 Å². The van der Waals surface area contributed by atoms with Gasteiger partial charge >= 0.3 is 0 Å². The second-order valence-corrected chi connectivity index (χ2v) is 4.58. The Morgan fingerprint density at radius 3 is 2.85 bits per heavy atom. The summed E-state index contributed by atoms with van der Waals surface area (Å²) in [6, 6.07) is 0. The molecule has 1 atom stereocenters. The molecule has 0 saturated heterocycles. The number of sulfonamides is 1. The van der Waals surface area contributed by atoms with Gasteiger partial charge in [-0.2, -0.15) is 5.10 Å². The first-order chi connectivity index (χ1) is 6.08. The van der Waals surface area contributed by atoms with Crippen LogP contribution in [0.5, 0.6) is 0 Å². The van der Waals surface area contributed by atoms with Gasteiger partial charge in [0.05, 0.1) is 6.26 Å². The first-order valence-corrected chi connectivity index (χ1v) is 5.80. The van der Waals surface area contributed by atoms with Crippen molar-refractivity contribution in [3.8, 4) is 0 Å². The Morgan fingerprint density at radius 2 is 2.31 bits per heavy atom. The molecule has 0 saturated carbocycles. The topological polar surface area (TPSA) is 58.5 Å². The Morgan fingerprint density at radius 1 is 1.54 bits per heavy atom. The highest BCUT2D eigenvalue weighted by molar-refractivity contribution is 7.88. The normalized spacial score (nSPS) is 22.4. The standard InChI is InChI=1S/C8H12N2O2S/c1-13(11,12)10-9-7-8-5-3-2-4-6-8/h2-5,7-8,10H,6H2,1H3/b9-7+. The van der Waals surface area contributed by atoms with E-state index >= 15 is 0 Å². The van der Waals surface area contributed by atoms with E-state index in [2.05, 4.69) is 9.93 Å². The zero-order valence-corrected chi connectivity index (χ0v) is 8.16. The van der Waals surface area contributed by atoms with Crippen molar-refractivity contribution in [1.82, 2.24) is 4.83 Å². The molecular formula is C8H12N2O2S. The molecule has 13 heavy (non-hydrogen) atoms. The van der Waals surface area contributed by atoms with E-state index < -0.39 is 10.0 Å². The summed E-state index contributed by atoms with van der Waals surface area (Å²) >= 11 is 0. The number of hydrogen-bond donors (Lipinski definition) is 1. The number of allylic oxidation sites excluding steroid dienone is 4. The highest BCUT2D eigenvalue weighted by Gasteiger charge is 2.01. The van der Waals surface area contributed by atoms with Crippen molar-refractivity contribution in [2.45, 2.75) is 6.42 Å².